The van der Waals surface area contributed by atoms with Crippen LogP contribution in [-0.4, -0.2) is 55.1 Å². The van der Waals surface area contributed by atoms with Gasteiger partial charge in [-0.15, -0.1) is 0 Å². The van der Waals surface area contributed by atoms with Gasteiger partial charge in [0.05, 0.1) is 0 Å². The van der Waals surface area contributed by atoms with E-state index < -0.39 is 0 Å². The van der Waals surface area contributed by atoms with Gasteiger partial charge >= 0.3 is 0 Å². The monoisotopic (exact) mass is 287 g/mol. The summed E-state index contributed by atoms with van der Waals surface area (Å²) in [5, 5.41) is 3.48. The number of hydrogen-bond donors (Lipinski definition) is 1. The Labute approximate surface area is 129 Å². The normalized spacial score (nSPS) is 24.0. The van der Waals surface area contributed by atoms with E-state index in [0.29, 0.717) is 0 Å². The van der Waals surface area contributed by atoms with Crippen LogP contribution in [0.25, 0.3) is 0 Å². The molecular formula is C18H29N3. The van der Waals surface area contributed by atoms with E-state index in [1.165, 1.54) is 57.7 Å². The Balaban J connectivity index is 1.46. The van der Waals surface area contributed by atoms with Gasteiger partial charge in [-0.3, -0.25) is 9.80 Å². The van der Waals surface area contributed by atoms with Crippen molar-refractivity contribution in [2.75, 3.05) is 39.3 Å². The van der Waals surface area contributed by atoms with Crippen LogP contribution in [0.2, 0.25) is 0 Å². The predicted molar refractivity (Wildman–Crippen MR) is 88.3 cm³/mol. The molecule has 0 spiro atoms. The molecule has 0 aromatic heterocycles. The van der Waals surface area contributed by atoms with Gasteiger partial charge in [-0.25, -0.2) is 0 Å². The summed E-state index contributed by atoms with van der Waals surface area (Å²) in [6.45, 7) is 10.9. The highest BCUT2D eigenvalue weighted by Crippen LogP contribution is 2.22. The number of piperidine rings is 1. The molecule has 3 rings (SSSR count). The average molecular weight is 287 g/mol. The van der Waals surface area contributed by atoms with Gasteiger partial charge in [-0.05, 0) is 44.3 Å². The summed E-state index contributed by atoms with van der Waals surface area (Å²) in [5.74, 6) is 0.895. The van der Waals surface area contributed by atoms with Gasteiger partial charge in [-0.1, -0.05) is 30.3 Å². The van der Waals surface area contributed by atoms with Crippen LogP contribution in [0.5, 0.6) is 0 Å². The molecule has 2 saturated heterocycles. The first-order chi connectivity index (χ1) is 10.3. The SMILES string of the molecule is CC(C1CCNCC1)N1CCN(Cc2ccccc2)CC1. The fourth-order valence-corrected chi connectivity index (χ4v) is 3.80. The van der Waals surface area contributed by atoms with Crippen LogP contribution >= 0.6 is 0 Å². The summed E-state index contributed by atoms with van der Waals surface area (Å²) in [6, 6.07) is 11.6. The molecule has 21 heavy (non-hydrogen) atoms. The summed E-state index contributed by atoms with van der Waals surface area (Å²) >= 11 is 0. The molecule has 1 N–H and O–H groups in total. The molecule has 2 aliphatic heterocycles. The third-order valence-electron chi connectivity index (χ3n) is 5.30. The lowest BCUT2D eigenvalue weighted by molar-refractivity contribution is 0.0656. The molecule has 3 heteroatoms. The number of hydrogen-bond acceptors (Lipinski definition) is 3. The number of benzene rings is 1. The van der Waals surface area contributed by atoms with Gasteiger partial charge in [0.15, 0.2) is 0 Å². The van der Waals surface area contributed by atoms with E-state index in [1.807, 2.05) is 0 Å². The molecule has 116 valence electrons. The first kappa shape index (κ1) is 15.0. The van der Waals surface area contributed by atoms with Crippen LogP contribution in [0, 0.1) is 5.92 Å². The third kappa shape index (κ3) is 4.06. The van der Waals surface area contributed by atoms with Gasteiger partial charge in [0.25, 0.3) is 0 Å². The number of nitrogens with zero attached hydrogens (tertiary/aromatic N) is 2. The van der Waals surface area contributed by atoms with Crippen LogP contribution in [0.1, 0.15) is 25.3 Å². The van der Waals surface area contributed by atoms with Gasteiger partial charge in [-0.2, -0.15) is 0 Å². The molecule has 0 saturated carbocycles. The van der Waals surface area contributed by atoms with Crippen LogP contribution in [-0.2, 0) is 6.54 Å². The molecule has 3 nitrogen and oxygen atoms in total. The van der Waals surface area contributed by atoms with Crippen LogP contribution < -0.4 is 5.32 Å². The van der Waals surface area contributed by atoms with Crippen molar-refractivity contribution in [3.63, 3.8) is 0 Å². The number of piperazine rings is 1. The lowest BCUT2D eigenvalue weighted by Crippen LogP contribution is -2.52. The quantitative estimate of drug-likeness (QED) is 0.916. The Kier molecular flexibility index (Phi) is 5.28. The molecular weight excluding hydrogens is 258 g/mol. The Morgan fingerprint density at radius 1 is 1.05 bits per heavy atom. The minimum atomic E-state index is 0.756. The maximum absolute atomic E-state index is 3.48. The predicted octanol–water partition coefficient (Wildman–Crippen LogP) is 2.19. The second-order valence-corrected chi connectivity index (χ2v) is 6.63. The zero-order valence-corrected chi connectivity index (χ0v) is 13.3. The zero-order valence-electron chi connectivity index (χ0n) is 13.3. The minimum Gasteiger partial charge on any atom is -0.317 e. The summed E-state index contributed by atoms with van der Waals surface area (Å²) in [6.07, 6.45) is 2.71. The Morgan fingerprint density at radius 3 is 2.38 bits per heavy atom. The van der Waals surface area contributed by atoms with Crippen molar-refractivity contribution in [1.82, 2.24) is 15.1 Å². The van der Waals surface area contributed by atoms with Crippen molar-refractivity contribution in [1.29, 1.82) is 0 Å². The van der Waals surface area contributed by atoms with Crippen LogP contribution in [0.3, 0.4) is 0 Å². The standard InChI is InChI=1S/C18H29N3/c1-16(18-7-9-19-10-8-18)21-13-11-20(12-14-21)15-17-5-3-2-4-6-17/h2-6,16,18-19H,7-15H2,1H3. The minimum absolute atomic E-state index is 0.756. The van der Waals surface area contributed by atoms with E-state index >= 15 is 0 Å². The largest absolute Gasteiger partial charge is 0.317 e. The van der Waals surface area contributed by atoms with Crippen molar-refractivity contribution in [3.8, 4) is 0 Å². The highest BCUT2D eigenvalue weighted by molar-refractivity contribution is 5.14. The van der Waals surface area contributed by atoms with Crippen molar-refractivity contribution < 1.29 is 0 Å². The maximum Gasteiger partial charge on any atom is 0.0234 e. The number of nitrogens with one attached hydrogen (secondary N) is 1. The highest BCUT2D eigenvalue weighted by Gasteiger charge is 2.27. The second kappa shape index (κ2) is 7.39. The van der Waals surface area contributed by atoms with Crippen molar-refractivity contribution in [2.24, 2.45) is 5.92 Å². The molecule has 1 atom stereocenters. The van der Waals surface area contributed by atoms with E-state index in [9.17, 15) is 0 Å². The van der Waals surface area contributed by atoms with Gasteiger partial charge in [0.1, 0.15) is 0 Å². The van der Waals surface area contributed by atoms with E-state index in [1.54, 1.807) is 0 Å². The van der Waals surface area contributed by atoms with Gasteiger partial charge in [0, 0.05) is 38.8 Å². The Morgan fingerprint density at radius 2 is 1.71 bits per heavy atom. The van der Waals surface area contributed by atoms with Crippen LogP contribution in [0.15, 0.2) is 30.3 Å². The highest BCUT2D eigenvalue weighted by atomic mass is 15.3. The molecule has 0 bridgehead atoms. The van der Waals surface area contributed by atoms with Crippen LogP contribution in [0.4, 0.5) is 0 Å². The third-order valence-corrected chi connectivity index (χ3v) is 5.30. The summed E-state index contributed by atoms with van der Waals surface area (Å²) in [4.78, 5) is 5.32. The first-order valence-electron chi connectivity index (χ1n) is 8.54. The number of rotatable bonds is 4. The van der Waals surface area contributed by atoms with Crippen molar-refractivity contribution in [2.45, 2.75) is 32.4 Å². The lowest BCUT2D eigenvalue weighted by atomic mass is 9.90. The van der Waals surface area contributed by atoms with Gasteiger partial charge < -0.3 is 5.32 Å². The topological polar surface area (TPSA) is 18.5 Å². The molecule has 0 aliphatic carbocycles. The molecule has 2 fully saturated rings. The van der Waals surface area contributed by atoms with E-state index in [4.69, 9.17) is 0 Å². The fraction of sp³-hybridized carbons (Fsp3) is 0.667. The van der Waals surface area contributed by atoms with Crippen molar-refractivity contribution >= 4 is 0 Å². The zero-order chi connectivity index (χ0) is 14.5. The van der Waals surface area contributed by atoms with E-state index in [-0.39, 0.29) is 0 Å². The smallest absolute Gasteiger partial charge is 0.0234 e. The van der Waals surface area contributed by atoms with E-state index in [2.05, 4.69) is 52.4 Å². The molecule has 2 heterocycles. The molecule has 1 aromatic carbocycles. The maximum atomic E-state index is 3.48. The summed E-state index contributed by atoms with van der Waals surface area (Å²) in [5.41, 5.74) is 1.44. The molecule has 2 aliphatic rings. The molecule has 1 aromatic rings. The summed E-state index contributed by atoms with van der Waals surface area (Å²) < 4.78 is 0. The average Bonchev–Trinajstić information content (AvgIpc) is 2.57. The Hall–Kier alpha value is -0.900. The summed E-state index contributed by atoms with van der Waals surface area (Å²) in [7, 11) is 0. The molecule has 0 amide bonds. The van der Waals surface area contributed by atoms with E-state index in [0.717, 1.165) is 18.5 Å². The lowest BCUT2D eigenvalue weighted by Gasteiger charge is -2.42. The molecule has 0 radical (unpaired) electrons. The Bertz CT molecular complexity index is 406. The molecule has 1 unspecified atom stereocenters. The van der Waals surface area contributed by atoms with Gasteiger partial charge in [0.2, 0.25) is 0 Å². The first-order valence-corrected chi connectivity index (χ1v) is 8.54. The second-order valence-electron chi connectivity index (χ2n) is 6.63. The fourth-order valence-electron chi connectivity index (χ4n) is 3.80. The van der Waals surface area contributed by atoms with Crippen molar-refractivity contribution in [3.05, 3.63) is 35.9 Å².